The van der Waals surface area contributed by atoms with Gasteiger partial charge < -0.3 is 9.15 Å². The van der Waals surface area contributed by atoms with E-state index in [0.29, 0.717) is 27.5 Å². The largest absolute Gasteiger partial charge is 0.491 e. The Bertz CT molecular complexity index is 1180. The zero-order chi connectivity index (χ0) is 22.8. The molecule has 1 aromatic heterocycles. The van der Waals surface area contributed by atoms with E-state index < -0.39 is 0 Å². The van der Waals surface area contributed by atoms with Gasteiger partial charge in [0.25, 0.3) is 11.8 Å². The molecule has 0 radical (unpaired) electrons. The number of aryl methyl sites for hydroxylation is 2. The molecule has 164 valence electrons. The number of benzene rings is 2. The van der Waals surface area contributed by atoms with Gasteiger partial charge in [-0.15, -0.1) is 11.8 Å². The monoisotopic (exact) mass is 447 g/mol. The van der Waals surface area contributed by atoms with E-state index >= 15 is 0 Å². The second-order valence-corrected chi connectivity index (χ2v) is 8.98. The van der Waals surface area contributed by atoms with Gasteiger partial charge in [0.2, 0.25) is 0 Å². The summed E-state index contributed by atoms with van der Waals surface area (Å²) in [5, 5.41) is 0. The Labute approximate surface area is 192 Å². The van der Waals surface area contributed by atoms with Crippen LogP contribution >= 0.6 is 11.8 Å². The summed E-state index contributed by atoms with van der Waals surface area (Å²) in [6.45, 7) is 7.82. The van der Waals surface area contributed by atoms with E-state index in [0.717, 1.165) is 22.6 Å². The maximum atomic E-state index is 13.6. The predicted molar refractivity (Wildman–Crippen MR) is 128 cm³/mol. The number of imide groups is 1. The lowest BCUT2D eigenvalue weighted by Crippen LogP contribution is -2.32. The van der Waals surface area contributed by atoms with Crippen molar-refractivity contribution in [2.45, 2.75) is 39.6 Å². The topological polar surface area (TPSA) is 59.8 Å². The lowest BCUT2D eigenvalue weighted by atomic mass is 10.1. The first-order valence-corrected chi connectivity index (χ1v) is 11.5. The standard InChI is InChI=1S/C26H25NO4S/c1-16(2)31-20-10-8-19(9-11-20)23-24(32-15-21-6-5-13-30-21)26(29)27(25(23)28)22-12-7-17(3)14-18(22)4/h5-14,16H,15H2,1-4H3. The fourth-order valence-corrected chi connectivity index (χ4v) is 4.70. The van der Waals surface area contributed by atoms with E-state index in [1.54, 1.807) is 6.26 Å². The molecule has 0 saturated carbocycles. The minimum Gasteiger partial charge on any atom is -0.491 e. The summed E-state index contributed by atoms with van der Waals surface area (Å²) in [6.07, 6.45) is 1.65. The summed E-state index contributed by atoms with van der Waals surface area (Å²) >= 11 is 1.32. The molecular formula is C26H25NO4S. The van der Waals surface area contributed by atoms with Crippen molar-refractivity contribution in [1.82, 2.24) is 0 Å². The fourth-order valence-electron chi connectivity index (χ4n) is 3.68. The Balaban J connectivity index is 1.73. The van der Waals surface area contributed by atoms with Gasteiger partial charge in [0.1, 0.15) is 11.5 Å². The zero-order valence-electron chi connectivity index (χ0n) is 18.5. The third-order valence-corrected chi connectivity index (χ3v) is 6.18. The van der Waals surface area contributed by atoms with Gasteiger partial charge in [-0.25, -0.2) is 4.90 Å². The third kappa shape index (κ3) is 4.36. The molecular weight excluding hydrogens is 422 g/mol. The van der Waals surface area contributed by atoms with Crippen LogP contribution in [0.15, 0.2) is 70.2 Å². The van der Waals surface area contributed by atoms with Gasteiger partial charge in [0.05, 0.1) is 34.3 Å². The summed E-state index contributed by atoms with van der Waals surface area (Å²) < 4.78 is 11.1. The summed E-state index contributed by atoms with van der Waals surface area (Å²) in [5.74, 6) is 1.29. The van der Waals surface area contributed by atoms with Crippen LogP contribution in [0.25, 0.3) is 5.57 Å². The molecule has 1 aliphatic rings. The Morgan fingerprint density at radius 1 is 1.00 bits per heavy atom. The number of furan rings is 1. The highest BCUT2D eigenvalue weighted by atomic mass is 32.2. The molecule has 0 saturated heterocycles. The lowest BCUT2D eigenvalue weighted by molar-refractivity contribution is -0.119. The van der Waals surface area contributed by atoms with Crippen molar-refractivity contribution in [2.24, 2.45) is 0 Å². The Morgan fingerprint density at radius 3 is 2.38 bits per heavy atom. The van der Waals surface area contributed by atoms with Crippen molar-refractivity contribution >= 4 is 34.8 Å². The van der Waals surface area contributed by atoms with Crippen molar-refractivity contribution in [1.29, 1.82) is 0 Å². The fraction of sp³-hybridized carbons (Fsp3) is 0.231. The van der Waals surface area contributed by atoms with Gasteiger partial charge in [-0.3, -0.25) is 9.59 Å². The van der Waals surface area contributed by atoms with Crippen molar-refractivity contribution in [2.75, 3.05) is 4.90 Å². The molecule has 0 spiro atoms. The number of amides is 2. The molecule has 2 heterocycles. The molecule has 4 rings (SSSR count). The van der Waals surface area contributed by atoms with Crippen LogP contribution in [0.2, 0.25) is 0 Å². The van der Waals surface area contributed by atoms with Crippen LogP contribution in [0.5, 0.6) is 5.75 Å². The maximum Gasteiger partial charge on any atom is 0.272 e. The van der Waals surface area contributed by atoms with Crippen molar-refractivity contribution in [3.63, 3.8) is 0 Å². The third-order valence-electron chi connectivity index (χ3n) is 5.09. The molecule has 0 unspecified atom stereocenters. The predicted octanol–water partition coefficient (Wildman–Crippen LogP) is 5.90. The number of nitrogens with zero attached hydrogens (tertiary/aromatic N) is 1. The highest BCUT2D eigenvalue weighted by Gasteiger charge is 2.40. The molecule has 0 fully saturated rings. The van der Waals surface area contributed by atoms with Crippen LogP contribution in [0, 0.1) is 13.8 Å². The van der Waals surface area contributed by atoms with Crippen LogP contribution in [0.1, 0.15) is 36.3 Å². The smallest absolute Gasteiger partial charge is 0.272 e. The van der Waals surface area contributed by atoms with Gasteiger partial charge in [-0.2, -0.15) is 0 Å². The number of ether oxygens (including phenoxy) is 1. The minimum absolute atomic E-state index is 0.0502. The number of hydrogen-bond acceptors (Lipinski definition) is 5. The van der Waals surface area contributed by atoms with Gasteiger partial charge in [-0.05, 0) is 69.2 Å². The van der Waals surface area contributed by atoms with Gasteiger partial charge >= 0.3 is 0 Å². The molecule has 0 N–H and O–H groups in total. The van der Waals surface area contributed by atoms with Crippen molar-refractivity contribution in [3.05, 3.63) is 88.2 Å². The molecule has 0 aliphatic carbocycles. The van der Waals surface area contributed by atoms with Crippen LogP contribution < -0.4 is 9.64 Å². The van der Waals surface area contributed by atoms with Gasteiger partial charge in [0, 0.05) is 0 Å². The summed E-state index contributed by atoms with van der Waals surface area (Å²) in [4.78, 5) is 28.8. The molecule has 0 bridgehead atoms. The number of carbonyl (C=O) groups is 2. The number of rotatable bonds is 7. The van der Waals surface area contributed by atoms with Crippen molar-refractivity contribution in [3.8, 4) is 5.75 Å². The molecule has 0 atom stereocenters. The minimum atomic E-state index is -0.318. The van der Waals surface area contributed by atoms with Crippen LogP contribution in [-0.2, 0) is 15.3 Å². The van der Waals surface area contributed by atoms with Crippen LogP contribution in [-0.4, -0.2) is 17.9 Å². The van der Waals surface area contributed by atoms with E-state index in [9.17, 15) is 9.59 Å². The first-order valence-electron chi connectivity index (χ1n) is 10.5. The van der Waals surface area contributed by atoms with Crippen molar-refractivity contribution < 1.29 is 18.7 Å². The summed E-state index contributed by atoms with van der Waals surface area (Å²) in [7, 11) is 0. The number of carbonyl (C=O) groups excluding carboxylic acids is 2. The first-order chi connectivity index (χ1) is 15.3. The average Bonchev–Trinajstić information content (AvgIpc) is 3.34. The molecule has 1 aliphatic heterocycles. The molecule has 3 aromatic rings. The second kappa shape index (κ2) is 9.09. The van der Waals surface area contributed by atoms with E-state index in [1.165, 1.54) is 16.7 Å². The molecule has 2 amide bonds. The van der Waals surface area contributed by atoms with E-state index in [2.05, 4.69) is 0 Å². The molecule has 5 nitrogen and oxygen atoms in total. The lowest BCUT2D eigenvalue weighted by Gasteiger charge is -2.18. The van der Waals surface area contributed by atoms with Gasteiger partial charge in [0.15, 0.2) is 0 Å². The first kappa shape index (κ1) is 22.0. The average molecular weight is 448 g/mol. The summed E-state index contributed by atoms with van der Waals surface area (Å²) in [6, 6.07) is 16.7. The number of thioether (sulfide) groups is 1. The normalized spacial score (nSPS) is 14.1. The SMILES string of the molecule is Cc1ccc(N2C(=O)C(SCc3ccco3)=C(c3ccc(OC(C)C)cc3)C2=O)c(C)c1. The van der Waals surface area contributed by atoms with E-state index in [1.807, 2.05) is 82.3 Å². The van der Waals surface area contributed by atoms with Crippen LogP contribution in [0.3, 0.4) is 0 Å². The quantitative estimate of drug-likeness (QED) is 0.422. The van der Waals surface area contributed by atoms with E-state index in [4.69, 9.17) is 9.15 Å². The highest BCUT2D eigenvalue weighted by molar-refractivity contribution is 8.03. The Hall–Kier alpha value is -3.25. The zero-order valence-corrected chi connectivity index (χ0v) is 19.4. The molecule has 6 heteroatoms. The van der Waals surface area contributed by atoms with Crippen LogP contribution in [0.4, 0.5) is 5.69 Å². The summed E-state index contributed by atoms with van der Waals surface area (Å²) in [5.41, 5.74) is 3.66. The second-order valence-electron chi connectivity index (χ2n) is 8.00. The van der Waals surface area contributed by atoms with Gasteiger partial charge in [-0.1, -0.05) is 29.8 Å². The van der Waals surface area contributed by atoms with E-state index in [-0.39, 0.29) is 17.9 Å². The highest BCUT2D eigenvalue weighted by Crippen LogP contribution is 2.40. The number of hydrogen-bond donors (Lipinski definition) is 0. The molecule has 32 heavy (non-hydrogen) atoms. The molecule has 2 aromatic carbocycles. The number of anilines is 1. The maximum absolute atomic E-state index is 13.6. The Kier molecular flexibility index (Phi) is 6.24. The Morgan fingerprint density at radius 2 is 1.75 bits per heavy atom.